The summed E-state index contributed by atoms with van der Waals surface area (Å²) in [7, 11) is 0. The maximum Gasteiger partial charge on any atom is 0.353 e. The average Bonchev–Trinajstić information content (AvgIpc) is 2.90. The molecular formula is C13H21N5O3. The van der Waals surface area contributed by atoms with E-state index in [1.807, 2.05) is 6.92 Å². The van der Waals surface area contributed by atoms with Crippen LogP contribution in [0.5, 0.6) is 0 Å². The monoisotopic (exact) mass is 295 g/mol. The lowest BCUT2D eigenvalue weighted by Gasteiger charge is -2.22. The van der Waals surface area contributed by atoms with Crippen LogP contribution in [0, 0.1) is 10.1 Å². The van der Waals surface area contributed by atoms with Gasteiger partial charge in [-0.15, -0.1) is 0 Å². The number of nitro groups is 1. The van der Waals surface area contributed by atoms with Crippen molar-refractivity contribution in [3.05, 3.63) is 16.4 Å². The zero-order chi connectivity index (χ0) is 15.3. The van der Waals surface area contributed by atoms with Gasteiger partial charge in [0.15, 0.2) is 0 Å². The highest BCUT2D eigenvalue weighted by Crippen LogP contribution is 2.32. The van der Waals surface area contributed by atoms with Gasteiger partial charge in [0.1, 0.15) is 6.33 Å². The summed E-state index contributed by atoms with van der Waals surface area (Å²) in [5, 5.41) is 27.4. The van der Waals surface area contributed by atoms with Crippen molar-refractivity contribution in [1.29, 1.82) is 0 Å². The predicted octanol–water partition coefficient (Wildman–Crippen LogP) is 1.92. The molecule has 1 heterocycles. The molecule has 21 heavy (non-hydrogen) atoms. The Balaban J connectivity index is 2.15. The van der Waals surface area contributed by atoms with E-state index < -0.39 is 10.5 Å². The van der Waals surface area contributed by atoms with Crippen molar-refractivity contribution in [1.82, 2.24) is 9.97 Å². The standard InChI is InChI=1S/C13H21N5O3/c1-2-7-14-11-10(18(20)21)12(17-9-16-11)15-8-13(19)5-3-4-6-13/h9,19H,2-8H2,1H3,(H2,14,15,16,17). The Morgan fingerprint density at radius 1 is 1.33 bits per heavy atom. The van der Waals surface area contributed by atoms with Crippen molar-refractivity contribution in [2.45, 2.75) is 44.6 Å². The minimum absolute atomic E-state index is 0.147. The third kappa shape index (κ3) is 3.78. The van der Waals surface area contributed by atoms with Crippen LogP contribution in [-0.2, 0) is 0 Å². The van der Waals surface area contributed by atoms with E-state index in [1.54, 1.807) is 0 Å². The van der Waals surface area contributed by atoms with Gasteiger partial charge in [-0.05, 0) is 19.3 Å². The van der Waals surface area contributed by atoms with E-state index in [2.05, 4.69) is 20.6 Å². The van der Waals surface area contributed by atoms with Gasteiger partial charge in [-0.2, -0.15) is 0 Å². The maximum absolute atomic E-state index is 11.3. The third-order valence-corrected chi connectivity index (χ3v) is 3.67. The zero-order valence-corrected chi connectivity index (χ0v) is 12.1. The van der Waals surface area contributed by atoms with E-state index in [-0.39, 0.29) is 23.9 Å². The Morgan fingerprint density at radius 2 is 1.95 bits per heavy atom. The van der Waals surface area contributed by atoms with Crippen LogP contribution >= 0.6 is 0 Å². The van der Waals surface area contributed by atoms with Crippen LogP contribution in [-0.4, -0.2) is 38.7 Å². The summed E-state index contributed by atoms with van der Waals surface area (Å²) in [5.41, 5.74) is -0.969. The molecule has 3 N–H and O–H groups in total. The molecule has 0 saturated heterocycles. The van der Waals surface area contributed by atoms with Crippen molar-refractivity contribution < 1.29 is 10.0 Å². The van der Waals surface area contributed by atoms with Gasteiger partial charge in [-0.3, -0.25) is 10.1 Å². The van der Waals surface area contributed by atoms with Gasteiger partial charge in [-0.25, -0.2) is 9.97 Å². The number of nitrogens with one attached hydrogen (secondary N) is 2. The summed E-state index contributed by atoms with van der Waals surface area (Å²) < 4.78 is 0. The number of rotatable bonds is 7. The first kappa shape index (κ1) is 15.4. The Morgan fingerprint density at radius 3 is 2.52 bits per heavy atom. The largest absolute Gasteiger partial charge is 0.388 e. The van der Waals surface area contributed by atoms with Crippen LogP contribution in [0.15, 0.2) is 6.33 Å². The van der Waals surface area contributed by atoms with Crippen molar-refractivity contribution in [3.63, 3.8) is 0 Å². The number of hydrogen-bond acceptors (Lipinski definition) is 7. The molecule has 1 fully saturated rings. The summed E-state index contributed by atoms with van der Waals surface area (Å²) >= 11 is 0. The molecule has 1 aromatic rings. The summed E-state index contributed by atoms with van der Waals surface area (Å²) in [6, 6.07) is 0. The van der Waals surface area contributed by atoms with Gasteiger partial charge in [-0.1, -0.05) is 19.8 Å². The predicted molar refractivity (Wildman–Crippen MR) is 79.4 cm³/mol. The van der Waals surface area contributed by atoms with Gasteiger partial charge >= 0.3 is 5.69 Å². The highest BCUT2D eigenvalue weighted by molar-refractivity contribution is 5.69. The lowest BCUT2D eigenvalue weighted by Crippen LogP contribution is -2.33. The van der Waals surface area contributed by atoms with E-state index in [4.69, 9.17) is 0 Å². The second-order valence-corrected chi connectivity index (χ2v) is 5.39. The van der Waals surface area contributed by atoms with Gasteiger partial charge in [0.05, 0.1) is 10.5 Å². The van der Waals surface area contributed by atoms with Gasteiger partial charge in [0.2, 0.25) is 11.6 Å². The van der Waals surface area contributed by atoms with Crippen molar-refractivity contribution >= 4 is 17.3 Å². The van der Waals surface area contributed by atoms with E-state index in [9.17, 15) is 15.2 Å². The molecule has 0 aliphatic heterocycles. The molecule has 0 unspecified atom stereocenters. The zero-order valence-electron chi connectivity index (χ0n) is 12.1. The number of nitrogens with zero attached hydrogens (tertiary/aromatic N) is 3. The highest BCUT2D eigenvalue weighted by atomic mass is 16.6. The Labute approximate surface area is 123 Å². The van der Waals surface area contributed by atoms with Crippen LogP contribution in [0.4, 0.5) is 17.3 Å². The first-order chi connectivity index (χ1) is 10.1. The molecule has 0 amide bonds. The molecule has 1 saturated carbocycles. The second-order valence-electron chi connectivity index (χ2n) is 5.39. The fraction of sp³-hybridized carbons (Fsp3) is 0.692. The lowest BCUT2D eigenvalue weighted by atomic mass is 10.0. The topological polar surface area (TPSA) is 113 Å². The first-order valence-corrected chi connectivity index (χ1v) is 7.25. The van der Waals surface area contributed by atoms with Crippen molar-refractivity contribution in [2.75, 3.05) is 23.7 Å². The average molecular weight is 295 g/mol. The van der Waals surface area contributed by atoms with E-state index in [0.29, 0.717) is 19.4 Å². The Bertz CT molecular complexity index is 503. The van der Waals surface area contributed by atoms with Gasteiger partial charge in [0.25, 0.3) is 0 Å². The maximum atomic E-state index is 11.3. The van der Waals surface area contributed by atoms with Gasteiger partial charge < -0.3 is 15.7 Å². The smallest absolute Gasteiger partial charge is 0.353 e. The van der Waals surface area contributed by atoms with E-state index in [1.165, 1.54) is 6.33 Å². The summed E-state index contributed by atoms with van der Waals surface area (Å²) in [5.74, 6) is 0.353. The molecule has 1 aromatic heterocycles. The minimum Gasteiger partial charge on any atom is -0.388 e. The fourth-order valence-corrected chi connectivity index (χ4v) is 2.51. The number of anilines is 2. The van der Waals surface area contributed by atoms with Crippen LogP contribution < -0.4 is 10.6 Å². The Kier molecular flexibility index (Phi) is 4.89. The van der Waals surface area contributed by atoms with Crippen molar-refractivity contribution in [3.8, 4) is 0 Å². The molecule has 0 spiro atoms. The fourth-order valence-electron chi connectivity index (χ4n) is 2.51. The molecule has 0 atom stereocenters. The SMILES string of the molecule is CCCNc1ncnc(NCC2(O)CCCC2)c1[N+](=O)[O-]. The van der Waals surface area contributed by atoms with Crippen LogP contribution in [0.2, 0.25) is 0 Å². The minimum atomic E-state index is -0.796. The van der Waals surface area contributed by atoms with Crippen molar-refractivity contribution in [2.24, 2.45) is 0 Å². The number of aromatic nitrogens is 2. The first-order valence-electron chi connectivity index (χ1n) is 7.25. The van der Waals surface area contributed by atoms with Crippen LogP contribution in [0.25, 0.3) is 0 Å². The molecule has 0 aromatic carbocycles. The van der Waals surface area contributed by atoms with E-state index in [0.717, 1.165) is 19.3 Å². The van der Waals surface area contributed by atoms with Crippen LogP contribution in [0.1, 0.15) is 39.0 Å². The number of hydrogen-bond donors (Lipinski definition) is 3. The molecule has 1 aliphatic rings. The van der Waals surface area contributed by atoms with E-state index >= 15 is 0 Å². The Hall–Kier alpha value is -1.96. The third-order valence-electron chi connectivity index (χ3n) is 3.67. The normalized spacial score (nSPS) is 16.7. The molecule has 8 nitrogen and oxygen atoms in total. The molecule has 116 valence electrons. The quantitative estimate of drug-likeness (QED) is 0.520. The molecule has 8 heteroatoms. The second kappa shape index (κ2) is 6.66. The lowest BCUT2D eigenvalue weighted by molar-refractivity contribution is -0.383. The van der Waals surface area contributed by atoms with Gasteiger partial charge in [0, 0.05) is 13.1 Å². The molecule has 2 rings (SSSR count). The highest BCUT2D eigenvalue weighted by Gasteiger charge is 2.32. The summed E-state index contributed by atoms with van der Waals surface area (Å²) in [6.45, 7) is 2.83. The molecule has 0 bridgehead atoms. The molecule has 0 radical (unpaired) electrons. The molecule has 1 aliphatic carbocycles. The number of aliphatic hydroxyl groups is 1. The molecular weight excluding hydrogens is 274 g/mol. The van der Waals surface area contributed by atoms with Crippen LogP contribution in [0.3, 0.4) is 0 Å². The summed E-state index contributed by atoms with van der Waals surface area (Å²) in [6.07, 6.45) is 5.50. The summed E-state index contributed by atoms with van der Waals surface area (Å²) in [4.78, 5) is 18.6.